The lowest BCUT2D eigenvalue weighted by Crippen LogP contribution is -2.47. The van der Waals surface area contributed by atoms with E-state index in [4.69, 9.17) is 5.73 Å². The number of carbonyl (C=O) groups is 2. The summed E-state index contributed by atoms with van der Waals surface area (Å²) in [5, 5.41) is 8.00. The number of carbonyl (C=O) groups excluding carboxylic acids is 2. The number of nitrogens with two attached hydrogens (primary N) is 1. The Morgan fingerprint density at radius 2 is 1.76 bits per heavy atom. The largest absolute Gasteiger partial charge is 0.384 e. The molecule has 0 aliphatic carbocycles. The van der Waals surface area contributed by atoms with E-state index in [9.17, 15) is 9.59 Å². The molecule has 4 N–H and O–H groups in total. The summed E-state index contributed by atoms with van der Waals surface area (Å²) in [5.74, 6) is -0.127. The quantitative estimate of drug-likeness (QED) is 0.409. The zero-order chi connectivity index (χ0) is 23.2. The van der Waals surface area contributed by atoms with Gasteiger partial charge in [-0.15, -0.1) is 0 Å². The average Bonchev–Trinajstić information content (AvgIpc) is 2.83. The van der Waals surface area contributed by atoms with E-state index < -0.39 is 6.04 Å². The Labute approximate surface area is 192 Å². The van der Waals surface area contributed by atoms with Crippen molar-refractivity contribution in [3.05, 3.63) is 107 Å². The Hall–Kier alpha value is -4.19. The second-order valence-electron chi connectivity index (χ2n) is 8.05. The van der Waals surface area contributed by atoms with Gasteiger partial charge in [-0.3, -0.25) is 9.59 Å². The number of anilines is 1. The van der Waals surface area contributed by atoms with E-state index in [1.807, 2.05) is 73.7 Å². The van der Waals surface area contributed by atoms with Gasteiger partial charge in [0.25, 0.3) is 5.91 Å². The van der Waals surface area contributed by atoms with Crippen molar-refractivity contribution in [3.8, 4) is 0 Å². The predicted molar refractivity (Wildman–Crippen MR) is 131 cm³/mol. The van der Waals surface area contributed by atoms with Crippen molar-refractivity contribution in [3.63, 3.8) is 0 Å². The number of aromatic nitrogens is 1. The maximum absolute atomic E-state index is 13.2. The minimum Gasteiger partial charge on any atom is -0.384 e. The summed E-state index contributed by atoms with van der Waals surface area (Å²) in [4.78, 5) is 30.2. The van der Waals surface area contributed by atoms with Crippen molar-refractivity contribution in [2.24, 2.45) is 0 Å². The van der Waals surface area contributed by atoms with Gasteiger partial charge in [0, 0.05) is 24.7 Å². The first-order chi connectivity index (χ1) is 16.0. The second-order valence-corrected chi connectivity index (χ2v) is 8.05. The van der Waals surface area contributed by atoms with Gasteiger partial charge in [0.05, 0.1) is 0 Å². The van der Waals surface area contributed by atoms with Crippen molar-refractivity contribution < 1.29 is 9.59 Å². The molecule has 0 aliphatic heterocycles. The van der Waals surface area contributed by atoms with Crippen LogP contribution in [0.3, 0.4) is 0 Å². The van der Waals surface area contributed by atoms with Gasteiger partial charge in [0.2, 0.25) is 5.91 Å². The van der Waals surface area contributed by atoms with E-state index in [2.05, 4.69) is 15.6 Å². The van der Waals surface area contributed by atoms with Gasteiger partial charge < -0.3 is 16.4 Å². The molecule has 0 unspecified atom stereocenters. The highest BCUT2D eigenvalue weighted by atomic mass is 16.2. The van der Waals surface area contributed by atoms with E-state index in [0.717, 1.165) is 27.5 Å². The van der Waals surface area contributed by atoms with E-state index in [0.29, 0.717) is 24.3 Å². The highest BCUT2D eigenvalue weighted by molar-refractivity contribution is 5.98. The number of amides is 2. The molecule has 6 heteroatoms. The van der Waals surface area contributed by atoms with Gasteiger partial charge in [-0.2, -0.15) is 0 Å². The third kappa shape index (κ3) is 5.54. The molecule has 3 aromatic carbocycles. The zero-order valence-electron chi connectivity index (χ0n) is 18.4. The summed E-state index contributed by atoms with van der Waals surface area (Å²) >= 11 is 0. The molecule has 1 atom stereocenters. The van der Waals surface area contributed by atoms with Crippen molar-refractivity contribution in [1.29, 1.82) is 0 Å². The Morgan fingerprint density at radius 1 is 0.970 bits per heavy atom. The number of hydrogen-bond donors (Lipinski definition) is 3. The topological polar surface area (TPSA) is 97.1 Å². The molecule has 0 saturated carbocycles. The first-order valence-electron chi connectivity index (χ1n) is 10.8. The minimum absolute atomic E-state index is 0.263. The molecule has 2 amide bonds. The number of hydrogen-bond acceptors (Lipinski definition) is 4. The lowest BCUT2D eigenvalue weighted by Gasteiger charge is -2.20. The van der Waals surface area contributed by atoms with Crippen molar-refractivity contribution in [2.45, 2.75) is 25.9 Å². The second kappa shape index (κ2) is 9.96. The highest BCUT2D eigenvalue weighted by Gasteiger charge is 2.23. The molecule has 0 radical (unpaired) electrons. The summed E-state index contributed by atoms with van der Waals surface area (Å²) in [6, 6.07) is 24.1. The van der Waals surface area contributed by atoms with E-state index in [1.165, 1.54) is 0 Å². The number of nitrogen functional groups attached to an aromatic ring is 1. The maximum Gasteiger partial charge on any atom is 0.251 e. The van der Waals surface area contributed by atoms with Crippen LogP contribution in [-0.2, 0) is 17.8 Å². The molecule has 1 aromatic heterocycles. The Morgan fingerprint density at radius 3 is 2.55 bits per heavy atom. The van der Waals surface area contributed by atoms with Crippen LogP contribution in [0.25, 0.3) is 10.8 Å². The Balaban J connectivity index is 1.57. The molecule has 0 aliphatic rings. The Kier molecular flexibility index (Phi) is 6.64. The number of rotatable bonds is 7. The molecule has 33 heavy (non-hydrogen) atoms. The molecule has 0 bridgehead atoms. The van der Waals surface area contributed by atoms with Gasteiger partial charge in [0.15, 0.2) is 0 Å². The summed E-state index contributed by atoms with van der Waals surface area (Å²) in [7, 11) is 0. The van der Waals surface area contributed by atoms with Crippen LogP contribution in [-0.4, -0.2) is 22.8 Å². The van der Waals surface area contributed by atoms with Crippen LogP contribution in [0.1, 0.15) is 27.0 Å². The van der Waals surface area contributed by atoms with Gasteiger partial charge in [-0.05, 0) is 47.0 Å². The monoisotopic (exact) mass is 438 g/mol. The van der Waals surface area contributed by atoms with E-state index >= 15 is 0 Å². The zero-order valence-corrected chi connectivity index (χ0v) is 18.4. The molecular weight excluding hydrogens is 412 g/mol. The number of nitrogens with zero attached hydrogens (tertiary/aromatic N) is 1. The van der Waals surface area contributed by atoms with E-state index in [1.54, 1.807) is 18.3 Å². The minimum atomic E-state index is -0.745. The molecule has 166 valence electrons. The van der Waals surface area contributed by atoms with Gasteiger partial charge in [-0.25, -0.2) is 4.98 Å². The van der Waals surface area contributed by atoms with Gasteiger partial charge >= 0.3 is 0 Å². The van der Waals surface area contributed by atoms with Crippen molar-refractivity contribution in [1.82, 2.24) is 15.6 Å². The standard InChI is InChI=1S/C27H26N4O2/c1-18-6-4-10-22(14-18)26(32)31-24(27(33)30-17-19-12-13-25(28)29-16-19)15-21-9-5-8-20-7-2-3-11-23(20)21/h2-14,16,24H,15,17H2,1H3,(H2,28,29)(H,30,33)(H,31,32)/t24-/m0/s1. The fourth-order valence-electron chi connectivity index (χ4n) is 3.78. The molecule has 0 spiro atoms. The van der Waals surface area contributed by atoms with Gasteiger partial charge in [0.1, 0.15) is 11.9 Å². The summed E-state index contributed by atoms with van der Waals surface area (Å²) in [6.45, 7) is 2.22. The van der Waals surface area contributed by atoms with Crippen molar-refractivity contribution in [2.75, 3.05) is 5.73 Å². The van der Waals surface area contributed by atoms with Gasteiger partial charge in [-0.1, -0.05) is 66.2 Å². The number of benzene rings is 3. The molecule has 4 aromatic rings. The normalized spacial score (nSPS) is 11.7. The number of fused-ring (bicyclic) bond motifs is 1. The van der Waals surface area contributed by atoms with Crippen LogP contribution in [0.2, 0.25) is 0 Å². The van der Waals surface area contributed by atoms with Crippen LogP contribution in [0.5, 0.6) is 0 Å². The predicted octanol–water partition coefficient (Wildman–Crippen LogP) is 3.78. The lowest BCUT2D eigenvalue weighted by atomic mass is 9.98. The summed E-state index contributed by atoms with van der Waals surface area (Å²) in [6.07, 6.45) is 1.99. The molecule has 6 nitrogen and oxygen atoms in total. The first-order valence-corrected chi connectivity index (χ1v) is 10.8. The number of nitrogens with one attached hydrogen (secondary N) is 2. The van der Waals surface area contributed by atoms with Crippen LogP contribution < -0.4 is 16.4 Å². The first kappa shape index (κ1) is 22.0. The molecule has 1 heterocycles. The molecule has 0 saturated heterocycles. The SMILES string of the molecule is Cc1cccc(C(=O)N[C@@H](Cc2cccc3ccccc23)C(=O)NCc2ccc(N)nc2)c1. The molecule has 0 fully saturated rings. The van der Waals surface area contributed by atoms with E-state index in [-0.39, 0.29) is 11.8 Å². The third-order valence-electron chi connectivity index (χ3n) is 5.52. The molecule has 4 rings (SSSR count). The number of aryl methyl sites for hydroxylation is 1. The summed E-state index contributed by atoms with van der Waals surface area (Å²) in [5.41, 5.74) is 8.96. The molecular formula is C27H26N4O2. The van der Waals surface area contributed by atoms with Crippen LogP contribution >= 0.6 is 0 Å². The van der Waals surface area contributed by atoms with Crippen LogP contribution in [0.15, 0.2) is 85.1 Å². The smallest absolute Gasteiger partial charge is 0.251 e. The third-order valence-corrected chi connectivity index (χ3v) is 5.52. The summed E-state index contributed by atoms with van der Waals surface area (Å²) < 4.78 is 0. The average molecular weight is 439 g/mol. The highest BCUT2D eigenvalue weighted by Crippen LogP contribution is 2.20. The maximum atomic E-state index is 13.2. The lowest BCUT2D eigenvalue weighted by molar-refractivity contribution is -0.123. The van der Waals surface area contributed by atoms with Crippen LogP contribution in [0.4, 0.5) is 5.82 Å². The fraction of sp³-hybridized carbons (Fsp3) is 0.148. The number of pyridine rings is 1. The fourth-order valence-corrected chi connectivity index (χ4v) is 3.78. The van der Waals surface area contributed by atoms with Crippen molar-refractivity contribution >= 4 is 28.4 Å². The van der Waals surface area contributed by atoms with Crippen LogP contribution in [0, 0.1) is 6.92 Å². The Bertz CT molecular complexity index is 1280.